The minimum absolute atomic E-state index is 0.133. The number of alkyl halides is 2. The van der Waals surface area contributed by atoms with Gasteiger partial charge < -0.3 is 4.74 Å². The van der Waals surface area contributed by atoms with Gasteiger partial charge in [0.1, 0.15) is 6.10 Å². The molecular formula is C6H8BrFO. The van der Waals surface area contributed by atoms with E-state index in [2.05, 4.69) is 15.9 Å². The maximum atomic E-state index is 13.0. The van der Waals surface area contributed by atoms with E-state index in [1.54, 1.807) is 0 Å². The Labute approximate surface area is 61.7 Å². The molecule has 1 saturated carbocycles. The molecule has 3 atom stereocenters. The third-order valence-electron chi connectivity index (χ3n) is 2.09. The molecule has 2 rings (SSSR count). The average molecular weight is 195 g/mol. The largest absolute Gasteiger partial charge is 0.373 e. The molecule has 0 amide bonds. The Morgan fingerprint density at radius 2 is 2.44 bits per heavy atom. The van der Waals surface area contributed by atoms with Crippen molar-refractivity contribution in [2.75, 3.05) is 6.61 Å². The summed E-state index contributed by atoms with van der Waals surface area (Å²) in [5.41, 5.74) is 0. The van der Waals surface area contributed by atoms with Crippen LogP contribution in [0.4, 0.5) is 4.39 Å². The van der Waals surface area contributed by atoms with Crippen molar-refractivity contribution in [1.29, 1.82) is 0 Å². The van der Waals surface area contributed by atoms with Gasteiger partial charge in [0.2, 0.25) is 0 Å². The van der Waals surface area contributed by atoms with E-state index in [0.717, 1.165) is 19.4 Å². The van der Waals surface area contributed by atoms with Gasteiger partial charge in [0.05, 0.1) is 0 Å². The van der Waals surface area contributed by atoms with Crippen LogP contribution >= 0.6 is 15.9 Å². The van der Waals surface area contributed by atoms with Gasteiger partial charge in [-0.15, -0.1) is 0 Å². The molecule has 1 heterocycles. The van der Waals surface area contributed by atoms with Crippen molar-refractivity contribution in [3.8, 4) is 0 Å². The average Bonchev–Trinajstić information content (AvgIpc) is 2.39. The van der Waals surface area contributed by atoms with Crippen molar-refractivity contribution >= 4 is 15.9 Å². The molecule has 0 aromatic heterocycles. The van der Waals surface area contributed by atoms with E-state index < -0.39 is 4.58 Å². The van der Waals surface area contributed by atoms with Gasteiger partial charge in [0.15, 0.2) is 4.58 Å². The fourth-order valence-electron chi connectivity index (χ4n) is 1.44. The molecule has 3 unspecified atom stereocenters. The lowest BCUT2D eigenvalue weighted by molar-refractivity contribution is 0.0707. The first-order chi connectivity index (χ1) is 4.23. The summed E-state index contributed by atoms with van der Waals surface area (Å²) in [5.74, 6) is 0.145. The van der Waals surface area contributed by atoms with E-state index in [9.17, 15) is 4.39 Å². The monoisotopic (exact) mass is 194 g/mol. The molecule has 0 bridgehead atoms. The summed E-state index contributed by atoms with van der Waals surface area (Å²) >= 11 is 2.99. The highest BCUT2D eigenvalue weighted by atomic mass is 79.9. The summed E-state index contributed by atoms with van der Waals surface area (Å²) in [5, 5.41) is 0. The first-order valence-electron chi connectivity index (χ1n) is 3.22. The molecule has 1 aliphatic carbocycles. The van der Waals surface area contributed by atoms with Crippen LogP contribution in [0.15, 0.2) is 0 Å². The summed E-state index contributed by atoms with van der Waals surface area (Å²) in [6, 6.07) is 0. The Morgan fingerprint density at radius 1 is 1.67 bits per heavy atom. The number of hydrogen-bond donors (Lipinski definition) is 0. The SMILES string of the molecule is FC1(Br)C2CCCOC21. The fraction of sp³-hybridized carbons (Fsp3) is 1.00. The van der Waals surface area contributed by atoms with Gasteiger partial charge in [-0.1, -0.05) is 0 Å². The van der Waals surface area contributed by atoms with Gasteiger partial charge in [-0.3, -0.25) is 0 Å². The molecule has 2 aliphatic rings. The lowest BCUT2D eigenvalue weighted by atomic mass is 10.2. The molecule has 0 aromatic rings. The molecule has 0 aromatic carbocycles. The minimum atomic E-state index is -1.16. The molecule has 0 spiro atoms. The van der Waals surface area contributed by atoms with Crippen molar-refractivity contribution in [2.45, 2.75) is 23.5 Å². The first kappa shape index (κ1) is 6.10. The van der Waals surface area contributed by atoms with Gasteiger partial charge >= 0.3 is 0 Å². The molecule has 1 aliphatic heterocycles. The minimum Gasteiger partial charge on any atom is -0.373 e. The molecular weight excluding hydrogens is 187 g/mol. The summed E-state index contributed by atoms with van der Waals surface area (Å²) in [6.07, 6.45) is 1.86. The van der Waals surface area contributed by atoms with E-state index in [-0.39, 0.29) is 12.0 Å². The lowest BCUT2D eigenvalue weighted by Crippen LogP contribution is -2.06. The van der Waals surface area contributed by atoms with E-state index in [1.165, 1.54) is 0 Å². The zero-order chi connectivity index (χ0) is 6.48. The zero-order valence-electron chi connectivity index (χ0n) is 4.94. The smallest absolute Gasteiger partial charge is 0.196 e. The van der Waals surface area contributed by atoms with Crippen LogP contribution in [0, 0.1) is 5.92 Å². The number of halogens is 2. The highest BCUT2D eigenvalue weighted by Crippen LogP contribution is 2.58. The zero-order valence-corrected chi connectivity index (χ0v) is 6.53. The van der Waals surface area contributed by atoms with Crippen LogP contribution in [0.3, 0.4) is 0 Å². The van der Waals surface area contributed by atoms with Crippen LogP contribution in [-0.4, -0.2) is 17.3 Å². The summed E-state index contributed by atoms with van der Waals surface area (Å²) < 4.78 is 16.9. The summed E-state index contributed by atoms with van der Waals surface area (Å²) in [4.78, 5) is 0. The maximum absolute atomic E-state index is 13.0. The van der Waals surface area contributed by atoms with Crippen LogP contribution in [-0.2, 0) is 4.74 Å². The molecule has 1 nitrogen and oxygen atoms in total. The van der Waals surface area contributed by atoms with Crippen LogP contribution in [0.2, 0.25) is 0 Å². The van der Waals surface area contributed by atoms with Crippen molar-refractivity contribution in [3.05, 3.63) is 0 Å². The summed E-state index contributed by atoms with van der Waals surface area (Å²) in [7, 11) is 0. The van der Waals surface area contributed by atoms with Crippen molar-refractivity contribution < 1.29 is 9.13 Å². The van der Waals surface area contributed by atoms with Gasteiger partial charge in [-0.05, 0) is 28.8 Å². The van der Waals surface area contributed by atoms with E-state index in [1.807, 2.05) is 0 Å². The van der Waals surface area contributed by atoms with Crippen molar-refractivity contribution in [3.63, 3.8) is 0 Å². The Bertz CT molecular complexity index is 123. The lowest BCUT2D eigenvalue weighted by Gasteiger charge is -2.05. The predicted molar refractivity (Wildman–Crippen MR) is 35.2 cm³/mol. The molecule has 1 saturated heterocycles. The number of rotatable bonds is 0. The van der Waals surface area contributed by atoms with Crippen molar-refractivity contribution in [2.24, 2.45) is 5.92 Å². The van der Waals surface area contributed by atoms with Crippen LogP contribution in [0.25, 0.3) is 0 Å². The third kappa shape index (κ3) is 0.744. The van der Waals surface area contributed by atoms with Crippen LogP contribution < -0.4 is 0 Å². The second-order valence-electron chi connectivity index (χ2n) is 2.71. The first-order valence-corrected chi connectivity index (χ1v) is 4.01. The van der Waals surface area contributed by atoms with E-state index in [0.29, 0.717) is 0 Å². The number of hydrogen-bond acceptors (Lipinski definition) is 1. The van der Waals surface area contributed by atoms with Gasteiger partial charge in [-0.25, -0.2) is 4.39 Å². The van der Waals surface area contributed by atoms with Crippen LogP contribution in [0.5, 0.6) is 0 Å². The molecule has 52 valence electrons. The molecule has 9 heavy (non-hydrogen) atoms. The summed E-state index contributed by atoms with van der Waals surface area (Å²) in [6.45, 7) is 0.735. The van der Waals surface area contributed by atoms with E-state index >= 15 is 0 Å². The highest BCUT2D eigenvalue weighted by molar-refractivity contribution is 9.10. The van der Waals surface area contributed by atoms with Gasteiger partial charge in [0.25, 0.3) is 0 Å². The normalized spacial score (nSPS) is 56.7. The predicted octanol–water partition coefficient (Wildman–Crippen LogP) is 1.86. The highest BCUT2D eigenvalue weighted by Gasteiger charge is 2.66. The van der Waals surface area contributed by atoms with E-state index in [4.69, 9.17) is 4.74 Å². The standard InChI is InChI=1S/C6H8BrFO/c7-6(8)4-2-1-3-9-5(4)6/h4-5H,1-3H2. The topological polar surface area (TPSA) is 9.23 Å². The Balaban J connectivity index is 2.06. The third-order valence-corrected chi connectivity index (χ3v) is 3.13. The second-order valence-corrected chi connectivity index (χ2v) is 3.93. The number of ether oxygens (including phenoxy) is 1. The Kier molecular flexibility index (Phi) is 1.15. The second kappa shape index (κ2) is 1.70. The molecule has 0 radical (unpaired) electrons. The number of fused-ring (bicyclic) bond motifs is 1. The van der Waals surface area contributed by atoms with Gasteiger partial charge in [-0.2, -0.15) is 0 Å². The van der Waals surface area contributed by atoms with Crippen LogP contribution in [0.1, 0.15) is 12.8 Å². The Hall–Kier alpha value is 0.370. The van der Waals surface area contributed by atoms with Crippen molar-refractivity contribution in [1.82, 2.24) is 0 Å². The molecule has 0 N–H and O–H groups in total. The molecule has 2 fully saturated rings. The quantitative estimate of drug-likeness (QED) is 0.536. The fourth-order valence-corrected chi connectivity index (χ4v) is 2.23. The maximum Gasteiger partial charge on any atom is 0.196 e. The van der Waals surface area contributed by atoms with Gasteiger partial charge in [0, 0.05) is 12.5 Å². The molecule has 3 heteroatoms. The Morgan fingerprint density at radius 3 is 2.89 bits per heavy atom.